The summed E-state index contributed by atoms with van der Waals surface area (Å²) in [6.45, 7) is 1.20. The molecule has 0 spiro atoms. The van der Waals surface area contributed by atoms with Crippen LogP contribution in [0.5, 0.6) is 0 Å². The minimum atomic E-state index is -0.739. The second-order valence-corrected chi connectivity index (χ2v) is 4.25. The fourth-order valence-electron chi connectivity index (χ4n) is 1.90. The number of ether oxygens (including phenoxy) is 1. The van der Waals surface area contributed by atoms with Gasteiger partial charge in [-0.25, -0.2) is 0 Å². The van der Waals surface area contributed by atoms with Crippen molar-refractivity contribution in [3.63, 3.8) is 0 Å². The Hall–Kier alpha value is -1.99. The molecule has 1 unspecified atom stereocenters. The first-order valence-corrected chi connectivity index (χ1v) is 5.96. The molecule has 2 rings (SSSR count). The fourth-order valence-corrected chi connectivity index (χ4v) is 1.90. The smallest absolute Gasteiger partial charge is 0.273 e. The van der Waals surface area contributed by atoms with Gasteiger partial charge in [-0.1, -0.05) is 6.07 Å². The van der Waals surface area contributed by atoms with Crippen LogP contribution in [0.2, 0.25) is 0 Å². The number of morpholine rings is 1. The first-order chi connectivity index (χ1) is 9.13. The minimum absolute atomic E-state index is 0.127. The Kier molecular flexibility index (Phi) is 4.08. The molecule has 1 aliphatic rings. The number of pyridine rings is 1. The Morgan fingerprint density at radius 2 is 2.26 bits per heavy atom. The van der Waals surface area contributed by atoms with Gasteiger partial charge in [-0.2, -0.15) is 0 Å². The van der Waals surface area contributed by atoms with E-state index in [9.17, 15) is 9.59 Å². The third-order valence-electron chi connectivity index (χ3n) is 3.00. The molecule has 1 fully saturated rings. The van der Waals surface area contributed by atoms with E-state index in [2.05, 4.69) is 4.98 Å². The number of rotatable bonds is 3. The van der Waals surface area contributed by atoms with Gasteiger partial charge >= 0.3 is 0 Å². The standard InChI is InChI=1S/C12H16N4O3/c13-5-8-1-2-9(15-6-8)12(18)16-3-4-19-7-10(16)11(14)17/h1-2,6,10H,3-5,7,13H2,(H2,14,17). The predicted molar refractivity (Wildman–Crippen MR) is 67.0 cm³/mol. The van der Waals surface area contributed by atoms with Gasteiger partial charge in [-0.3, -0.25) is 14.6 Å². The van der Waals surface area contributed by atoms with Crippen LogP contribution in [0.15, 0.2) is 18.3 Å². The number of nitrogens with zero attached hydrogens (tertiary/aromatic N) is 2. The number of primary amides is 1. The number of carbonyl (C=O) groups is 2. The van der Waals surface area contributed by atoms with Crippen LogP contribution in [0.25, 0.3) is 0 Å². The summed E-state index contributed by atoms with van der Waals surface area (Å²) in [6.07, 6.45) is 1.55. The zero-order chi connectivity index (χ0) is 13.8. The summed E-state index contributed by atoms with van der Waals surface area (Å²) >= 11 is 0. The summed E-state index contributed by atoms with van der Waals surface area (Å²) in [7, 11) is 0. The van der Waals surface area contributed by atoms with Crippen molar-refractivity contribution in [2.24, 2.45) is 11.5 Å². The quantitative estimate of drug-likeness (QED) is 0.717. The van der Waals surface area contributed by atoms with E-state index in [-0.39, 0.29) is 18.2 Å². The molecular formula is C12H16N4O3. The molecule has 7 nitrogen and oxygen atoms in total. The van der Waals surface area contributed by atoms with Crippen molar-refractivity contribution in [2.45, 2.75) is 12.6 Å². The molecule has 102 valence electrons. The Bertz CT molecular complexity index is 474. The minimum Gasteiger partial charge on any atom is -0.377 e. The lowest BCUT2D eigenvalue weighted by atomic mass is 10.2. The molecule has 0 saturated carbocycles. The highest BCUT2D eigenvalue weighted by atomic mass is 16.5. The van der Waals surface area contributed by atoms with Crippen molar-refractivity contribution < 1.29 is 14.3 Å². The first-order valence-electron chi connectivity index (χ1n) is 5.96. The van der Waals surface area contributed by atoms with Crippen LogP contribution in [-0.2, 0) is 16.1 Å². The Morgan fingerprint density at radius 1 is 1.47 bits per heavy atom. The molecule has 2 heterocycles. The zero-order valence-corrected chi connectivity index (χ0v) is 10.4. The highest BCUT2D eigenvalue weighted by Crippen LogP contribution is 2.11. The summed E-state index contributed by atoms with van der Waals surface area (Å²) in [5.41, 5.74) is 11.8. The van der Waals surface area contributed by atoms with E-state index in [1.54, 1.807) is 18.3 Å². The van der Waals surface area contributed by atoms with Crippen LogP contribution in [0.1, 0.15) is 16.1 Å². The third-order valence-corrected chi connectivity index (χ3v) is 3.00. The van der Waals surface area contributed by atoms with Gasteiger partial charge in [0.2, 0.25) is 5.91 Å². The summed E-state index contributed by atoms with van der Waals surface area (Å²) in [6, 6.07) is 2.59. The second-order valence-electron chi connectivity index (χ2n) is 4.25. The SMILES string of the molecule is NCc1ccc(C(=O)N2CCOCC2C(N)=O)nc1. The predicted octanol–water partition coefficient (Wildman–Crippen LogP) is -1.13. The molecule has 1 aromatic heterocycles. The van der Waals surface area contributed by atoms with Crippen LogP contribution >= 0.6 is 0 Å². The molecule has 0 aromatic carbocycles. The van der Waals surface area contributed by atoms with Crippen LogP contribution in [0, 0.1) is 0 Å². The summed E-state index contributed by atoms with van der Waals surface area (Å²) < 4.78 is 5.16. The average molecular weight is 264 g/mol. The molecule has 4 N–H and O–H groups in total. The van der Waals surface area contributed by atoms with E-state index in [1.807, 2.05) is 0 Å². The molecule has 1 aliphatic heterocycles. The summed E-state index contributed by atoms with van der Waals surface area (Å²) in [4.78, 5) is 29.0. The van der Waals surface area contributed by atoms with E-state index in [4.69, 9.17) is 16.2 Å². The maximum atomic E-state index is 12.3. The molecule has 19 heavy (non-hydrogen) atoms. The third kappa shape index (κ3) is 2.88. The summed E-state index contributed by atoms with van der Waals surface area (Å²) in [5.74, 6) is -0.901. The van der Waals surface area contributed by atoms with Crippen molar-refractivity contribution in [3.8, 4) is 0 Å². The van der Waals surface area contributed by atoms with E-state index in [0.717, 1.165) is 5.56 Å². The molecule has 1 aromatic rings. The van der Waals surface area contributed by atoms with Crippen LogP contribution in [0.3, 0.4) is 0 Å². The van der Waals surface area contributed by atoms with E-state index in [1.165, 1.54) is 4.90 Å². The van der Waals surface area contributed by atoms with Gasteiger partial charge in [0.25, 0.3) is 5.91 Å². The van der Waals surface area contributed by atoms with Gasteiger partial charge in [0, 0.05) is 19.3 Å². The van der Waals surface area contributed by atoms with Gasteiger partial charge in [0.05, 0.1) is 13.2 Å². The van der Waals surface area contributed by atoms with E-state index < -0.39 is 11.9 Å². The Balaban J connectivity index is 2.18. The van der Waals surface area contributed by atoms with Gasteiger partial charge in [-0.05, 0) is 11.6 Å². The highest BCUT2D eigenvalue weighted by Gasteiger charge is 2.32. The summed E-state index contributed by atoms with van der Waals surface area (Å²) in [5, 5.41) is 0. The molecule has 1 atom stereocenters. The van der Waals surface area contributed by atoms with Crippen molar-refractivity contribution >= 4 is 11.8 Å². The number of carbonyl (C=O) groups excluding carboxylic acids is 2. The zero-order valence-electron chi connectivity index (χ0n) is 10.4. The van der Waals surface area contributed by atoms with E-state index in [0.29, 0.717) is 19.7 Å². The Labute approximate surface area is 110 Å². The van der Waals surface area contributed by atoms with Gasteiger partial charge in [-0.15, -0.1) is 0 Å². The number of nitrogens with two attached hydrogens (primary N) is 2. The highest BCUT2D eigenvalue weighted by molar-refractivity contribution is 5.96. The maximum Gasteiger partial charge on any atom is 0.273 e. The van der Waals surface area contributed by atoms with Crippen LogP contribution in [-0.4, -0.2) is 47.5 Å². The lowest BCUT2D eigenvalue weighted by Gasteiger charge is -2.33. The van der Waals surface area contributed by atoms with Crippen molar-refractivity contribution in [3.05, 3.63) is 29.6 Å². The molecule has 0 aliphatic carbocycles. The molecule has 0 radical (unpaired) electrons. The Morgan fingerprint density at radius 3 is 2.84 bits per heavy atom. The van der Waals surface area contributed by atoms with E-state index >= 15 is 0 Å². The van der Waals surface area contributed by atoms with Gasteiger partial charge < -0.3 is 21.1 Å². The first kappa shape index (κ1) is 13.4. The van der Waals surface area contributed by atoms with Crippen LogP contribution in [0.4, 0.5) is 0 Å². The van der Waals surface area contributed by atoms with Crippen molar-refractivity contribution in [1.29, 1.82) is 0 Å². The maximum absolute atomic E-state index is 12.3. The second kappa shape index (κ2) is 5.77. The van der Waals surface area contributed by atoms with Crippen molar-refractivity contribution in [2.75, 3.05) is 19.8 Å². The topological polar surface area (TPSA) is 112 Å². The van der Waals surface area contributed by atoms with Crippen LogP contribution < -0.4 is 11.5 Å². The fraction of sp³-hybridized carbons (Fsp3) is 0.417. The number of hydrogen-bond donors (Lipinski definition) is 2. The molecule has 0 bridgehead atoms. The molecule has 2 amide bonds. The normalized spacial score (nSPS) is 19.2. The largest absolute Gasteiger partial charge is 0.377 e. The number of amides is 2. The lowest BCUT2D eigenvalue weighted by Crippen LogP contribution is -2.54. The average Bonchev–Trinajstić information content (AvgIpc) is 2.46. The molecule has 7 heteroatoms. The number of hydrogen-bond acceptors (Lipinski definition) is 5. The molecular weight excluding hydrogens is 248 g/mol. The lowest BCUT2D eigenvalue weighted by molar-refractivity contribution is -0.127. The van der Waals surface area contributed by atoms with Gasteiger partial charge in [0.15, 0.2) is 0 Å². The van der Waals surface area contributed by atoms with Crippen molar-refractivity contribution in [1.82, 2.24) is 9.88 Å². The number of aromatic nitrogens is 1. The van der Waals surface area contributed by atoms with Gasteiger partial charge in [0.1, 0.15) is 11.7 Å². The monoisotopic (exact) mass is 264 g/mol. The molecule has 1 saturated heterocycles.